The molecular weight excluding hydrogens is 375 g/mol. The molecule has 2 aliphatic heterocycles. The van der Waals surface area contributed by atoms with Crippen LogP contribution in [0.25, 0.3) is 0 Å². The van der Waals surface area contributed by atoms with Crippen molar-refractivity contribution >= 4 is 23.4 Å². The van der Waals surface area contributed by atoms with Crippen molar-refractivity contribution < 1.29 is 18.7 Å². The van der Waals surface area contributed by atoms with Gasteiger partial charge in [0.15, 0.2) is 0 Å². The van der Waals surface area contributed by atoms with E-state index in [1.807, 2.05) is 12.1 Å². The lowest BCUT2D eigenvalue weighted by Gasteiger charge is -2.34. The van der Waals surface area contributed by atoms with E-state index in [1.54, 1.807) is 12.1 Å². The monoisotopic (exact) mass is 400 g/mol. The minimum Gasteiger partial charge on any atom is -0.442 e. The van der Waals surface area contributed by atoms with Gasteiger partial charge in [0.25, 0.3) is 0 Å². The number of hydrogen-bond donors (Lipinski definition) is 1. The van der Waals surface area contributed by atoms with E-state index in [-0.39, 0.29) is 24.8 Å². The number of nitrogens with zero attached hydrogens (tertiary/aromatic N) is 3. The quantitative estimate of drug-likeness (QED) is 0.838. The summed E-state index contributed by atoms with van der Waals surface area (Å²) in [5, 5.41) is 2.63. The largest absolute Gasteiger partial charge is 0.442 e. The van der Waals surface area contributed by atoms with Gasteiger partial charge in [-0.2, -0.15) is 0 Å². The molecular formula is C21H25FN4O3. The fraction of sp³-hybridized carbons (Fsp3) is 0.429. The molecule has 2 aliphatic rings. The molecule has 8 heteroatoms. The zero-order valence-electron chi connectivity index (χ0n) is 16.4. The van der Waals surface area contributed by atoms with E-state index >= 15 is 0 Å². The first-order valence-corrected chi connectivity index (χ1v) is 9.91. The van der Waals surface area contributed by atoms with Crippen LogP contribution in [0.2, 0.25) is 0 Å². The summed E-state index contributed by atoms with van der Waals surface area (Å²) >= 11 is 0. The molecule has 0 spiro atoms. The van der Waals surface area contributed by atoms with Gasteiger partial charge in [-0.3, -0.25) is 9.69 Å². The number of hydrogen-bond acceptors (Lipinski definition) is 4. The van der Waals surface area contributed by atoms with E-state index in [2.05, 4.69) is 27.2 Å². The number of aromatic nitrogens is 1. The van der Waals surface area contributed by atoms with Crippen molar-refractivity contribution in [3.63, 3.8) is 0 Å². The highest BCUT2D eigenvalue weighted by Gasteiger charge is 2.33. The van der Waals surface area contributed by atoms with Crippen molar-refractivity contribution in [2.45, 2.75) is 31.9 Å². The summed E-state index contributed by atoms with van der Waals surface area (Å²) in [6.45, 7) is 3.49. The molecule has 2 saturated heterocycles. The van der Waals surface area contributed by atoms with Crippen LogP contribution in [0.3, 0.4) is 0 Å². The van der Waals surface area contributed by atoms with Crippen molar-refractivity contribution in [3.8, 4) is 0 Å². The third kappa shape index (κ3) is 4.21. The lowest BCUT2D eigenvalue weighted by Crippen LogP contribution is -2.35. The van der Waals surface area contributed by atoms with Gasteiger partial charge in [-0.05, 0) is 43.2 Å². The molecule has 0 bridgehead atoms. The minimum absolute atomic E-state index is 0.185. The van der Waals surface area contributed by atoms with Crippen LogP contribution in [0.4, 0.5) is 20.6 Å². The number of cyclic esters (lactones) is 1. The van der Waals surface area contributed by atoms with E-state index in [0.29, 0.717) is 17.4 Å². The summed E-state index contributed by atoms with van der Waals surface area (Å²) in [6.07, 6.45) is 5.09. The van der Waals surface area contributed by atoms with Crippen LogP contribution < -0.4 is 15.1 Å². The number of carbonyl (C=O) groups excluding carboxylic acids is 2. The number of nitrogens with one attached hydrogen (secondary N) is 1. The predicted molar refractivity (Wildman–Crippen MR) is 108 cm³/mol. The third-order valence-corrected chi connectivity index (χ3v) is 5.55. The van der Waals surface area contributed by atoms with Crippen LogP contribution in [0, 0.1) is 5.82 Å². The summed E-state index contributed by atoms with van der Waals surface area (Å²) in [5.41, 5.74) is 1.02. The molecule has 29 heavy (non-hydrogen) atoms. The fourth-order valence-corrected chi connectivity index (χ4v) is 4.01. The Balaban J connectivity index is 1.39. The van der Waals surface area contributed by atoms with Gasteiger partial charge in [-0.15, -0.1) is 0 Å². The number of carbonyl (C=O) groups is 2. The van der Waals surface area contributed by atoms with Crippen molar-refractivity contribution in [1.29, 1.82) is 0 Å². The SMILES string of the molecule is CC(=O)NCC1CN(c2ccc(N3CCC(n4cccc4)CC3)c(F)c2)C(=O)O1. The molecule has 1 atom stereocenters. The van der Waals surface area contributed by atoms with E-state index in [0.717, 1.165) is 25.9 Å². The maximum absolute atomic E-state index is 14.9. The van der Waals surface area contributed by atoms with Crippen molar-refractivity contribution in [2.75, 3.05) is 36.0 Å². The van der Waals surface area contributed by atoms with Crippen molar-refractivity contribution in [1.82, 2.24) is 9.88 Å². The average Bonchev–Trinajstić information content (AvgIpc) is 3.36. The second-order valence-electron chi connectivity index (χ2n) is 7.54. The summed E-state index contributed by atoms with van der Waals surface area (Å²) in [4.78, 5) is 26.6. The fourth-order valence-electron chi connectivity index (χ4n) is 4.01. The Labute approximate surface area is 169 Å². The predicted octanol–water partition coefficient (Wildman–Crippen LogP) is 2.93. The van der Waals surface area contributed by atoms with Gasteiger partial charge in [0.2, 0.25) is 5.91 Å². The normalized spacial score (nSPS) is 20.1. The molecule has 0 aliphatic carbocycles. The van der Waals surface area contributed by atoms with Crippen molar-refractivity contribution in [3.05, 3.63) is 48.5 Å². The summed E-state index contributed by atoms with van der Waals surface area (Å²) < 4.78 is 22.3. The molecule has 1 N–H and O–H groups in total. The molecule has 2 fully saturated rings. The van der Waals surface area contributed by atoms with Crippen LogP contribution >= 0.6 is 0 Å². The lowest BCUT2D eigenvalue weighted by molar-refractivity contribution is -0.119. The number of amides is 2. The first-order chi connectivity index (χ1) is 14.0. The number of ether oxygens (including phenoxy) is 1. The van der Waals surface area contributed by atoms with Crippen LogP contribution in [0.15, 0.2) is 42.7 Å². The maximum atomic E-state index is 14.9. The first kappa shape index (κ1) is 19.3. The van der Waals surface area contributed by atoms with Gasteiger partial charge in [0.1, 0.15) is 11.9 Å². The Kier molecular flexibility index (Phi) is 5.42. The second kappa shape index (κ2) is 8.14. The number of rotatable bonds is 5. The molecule has 1 aromatic carbocycles. The highest BCUT2D eigenvalue weighted by atomic mass is 19.1. The number of piperidine rings is 1. The third-order valence-electron chi connectivity index (χ3n) is 5.55. The van der Waals surface area contributed by atoms with E-state index < -0.39 is 12.2 Å². The Morgan fingerprint density at radius 3 is 2.62 bits per heavy atom. The number of anilines is 2. The molecule has 4 rings (SSSR count). The topological polar surface area (TPSA) is 66.8 Å². The van der Waals surface area contributed by atoms with Crippen LogP contribution in [-0.4, -0.2) is 48.9 Å². The highest BCUT2D eigenvalue weighted by Crippen LogP contribution is 2.31. The van der Waals surface area contributed by atoms with E-state index in [1.165, 1.54) is 17.9 Å². The maximum Gasteiger partial charge on any atom is 0.414 e. The number of benzene rings is 1. The van der Waals surface area contributed by atoms with Gasteiger partial charge >= 0.3 is 6.09 Å². The summed E-state index contributed by atoms with van der Waals surface area (Å²) in [7, 11) is 0. The Bertz CT molecular complexity index is 878. The Hall–Kier alpha value is -3.03. The molecule has 3 heterocycles. The smallest absolute Gasteiger partial charge is 0.414 e. The minimum atomic E-state index is -0.528. The Morgan fingerprint density at radius 2 is 1.97 bits per heavy atom. The van der Waals surface area contributed by atoms with Gasteiger partial charge in [0, 0.05) is 38.4 Å². The van der Waals surface area contributed by atoms with Gasteiger partial charge in [-0.1, -0.05) is 0 Å². The molecule has 1 aromatic heterocycles. The zero-order chi connectivity index (χ0) is 20.4. The average molecular weight is 400 g/mol. The molecule has 1 unspecified atom stereocenters. The molecule has 2 aromatic rings. The first-order valence-electron chi connectivity index (χ1n) is 9.91. The highest BCUT2D eigenvalue weighted by molar-refractivity contribution is 5.90. The zero-order valence-corrected chi connectivity index (χ0v) is 16.4. The van der Waals surface area contributed by atoms with Crippen LogP contribution in [0.5, 0.6) is 0 Å². The Morgan fingerprint density at radius 1 is 1.24 bits per heavy atom. The summed E-state index contributed by atoms with van der Waals surface area (Å²) in [6, 6.07) is 9.36. The molecule has 2 amide bonds. The lowest BCUT2D eigenvalue weighted by atomic mass is 10.0. The number of halogens is 1. The van der Waals surface area contributed by atoms with Crippen LogP contribution in [-0.2, 0) is 9.53 Å². The molecule has 0 radical (unpaired) electrons. The summed E-state index contributed by atoms with van der Waals surface area (Å²) in [5.74, 6) is -0.532. The van der Waals surface area contributed by atoms with E-state index in [4.69, 9.17) is 4.74 Å². The molecule has 7 nitrogen and oxygen atoms in total. The molecule has 0 saturated carbocycles. The standard InChI is InChI=1S/C21H25FN4O3/c1-15(27)23-13-18-14-26(21(28)29-18)17-4-5-20(19(22)12-17)25-10-6-16(7-11-25)24-8-2-3-9-24/h2-5,8-9,12,16,18H,6-7,10-11,13-14H2,1H3,(H,23,27). The van der Waals surface area contributed by atoms with Gasteiger partial charge in [0.05, 0.1) is 24.5 Å². The molecule has 154 valence electrons. The van der Waals surface area contributed by atoms with Crippen LogP contribution in [0.1, 0.15) is 25.8 Å². The van der Waals surface area contributed by atoms with Gasteiger partial charge in [-0.25, -0.2) is 9.18 Å². The second-order valence-corrected chi connectivity index (χ2v) is 7.54. The van der Waals surface area contributed by atoms with Crippen molar-refractivity contribution in [2.24, 2.45) is 0 Å². The van der Waals surface area contributed by atoms with Gasteiger partial charge < -0.3 is 19.5 Å². The van der Waals surface area contributed by atoms with E-state index in [9.17, 15) is 14.0 Å².